The van der Waals surface area contributed by atoms with Gasteiger partial charge in [0.2, 0.25) is 0 Å². The summed E-state index contributed by atoms with van der Waals surface area (Å²) in [5.41, 5.74) is -0.185. The van der Waals surface area contributed by atoms with E-state index in [9.17, 15) is 22.8 Å². The topological polar surface area (TPSA) is 46.2 Å². The molecule has 2 rings (SSSR count). The molecule has 0 spiro atoms. The maximum Gasteiger partial charge on any atom is 0.417 e. The average molecular weight is 323 g/mol. The molecule has 1 aliphatic heterocycles. The average Bonchev–Trinajstić information content (AvgIpc) is 2.52. The molecule has 0 fully saturated rings. The molecule has 23 heavy (non-hydrogen) atoms. The van der Waals surface area contributed by atoms with Crippen molar-refractivity contribution in [3.05, 3.63) is 58.8 Å². The van der Waals surface area contributed by atoms with E-state index in [-0.39, 0.29) is 18.6 Å². The first-order valence-corrected chi connectivity index (χ1v) is 7.14. The molecule has 0 amide bonds. The second-order valence-corrected chi connectivity index (χ2v) is 5.23. The van der Waals surface area contributed by atoms with Crippen molar-refractivity contribution in [1.29, 1.82) is 0 Å². The molecule has 0 saturated carbocycles. The molecule has 3 nitrogen and oxygen atoms in total. The molecule has 0 atom stereocenters. The van der Waals surface area contributed by atoms with Crippen molar-refractivity contribution in [2.45, 2.75) is 25.9 Å². The Morgan fingerprint density at radius 2 is 1.78 bits per heavy atom. The van der Waals surface area contributed by atoms with Crippen LogP contribution < -0.4 is 5.32 Å². The Morgan fingerprint density at radius 3 is 2.43 bits per heavy atom. The van der Waals surface area contributed by atoms with Crippen LogP contribution in [-0.4, -0.2) is 18.1 Å². The summed E-state index contributed by atoms with van der Waals surface area (Å²) in [4.78, 5) is 24.2. The summed E-state index contributed by atoms with van der Waals surface area (Å²) < 4.78 is 38.7. The third kappa shape index (κ3) is 4.09. The number of halogens is 3. The lowest BCUT2D eigenvalue weighted by Crippen LogP contribution is -2.25. The van der Waals surface area contributed by atoms with Gasteiger partial charge < -0.3 is 5.32 Å². The van der Waals surface area contributed by atoms with Gasteiger partial charge in [-0.05, 0) is 18.6 Å². The number of rotatable bonds is 5. The highest BCUT2D eigenvalue weighted by Gasteiger charge is 2.34. The van der Waals surface area contributed by atoms with Crippen molar-refractivity contribution in [2.24, 2.45) is 0 Å². The van der Waals surface area contributed by atoms with Gasteiger partial charge in [0.15, 0.2) is 11.6 Å². The number of benzene rings is 1. The zero-order valence-corrected chi connectivity index (χ0v) is 12.5. The van der Waals surface area contributed by atoms with Crippen LogP contribution in [-0.2, 0) is 11.0 Å². The van der Waals surface area contributed by atoms with E-state index in [2.05, 4.69) is 5.32 Å². The SMILES string of the molecule is CC1=C(C(=O)CCC(=O)c2ccccc2C(F)(F)F)NCC=C1. The first kappa shape index (κ1) is 17.0. The van der Waals surface area contributed by atoms with Crippen molar-refractivity contribution < 1.29 is 22.8 Å². The standard InChI is InChI=1S/C17H16F3NO2/c1-11-5-4-10-21-16(11)15(23)9-8-14(22)12-6-2-3-7-13(12)17(18,19)20/h2-7,21H,8-10H2,1H3. The lowest BCUT2D eigenvalue weighted by atomic mass is 9.98. The summed E-state index contributed by atoms with van der Waals surface area (Å²) in [5, 5.41) is 2.92. The quantitative estimate of drug-likeness (QED) is 0.841. The highest BCUT2D eigenvalue weighted by atomic mass is 19.4. The summed E-state index contributed by atoms with van der Waals surface area (Å²) in [7, 11) is 0. The molecule has 1 aromatic carbocycles. The van der Waals surface area contributed by atoms with Gasteiger partial charge in [-0.15, -0.1) is 0 Å². The van der Waals surface area contributed by atoms with Gasteiger partial charge >= 0.3 is 6.18 Å². The van der Waals surface area contributed by atoms with Crippen LogP contribution in [0.2, 0.25) is 0 Å². The van der Waals surface area contributed by atoms with Crippen LogP contribution in [0.5, 0.6) is 0 Å². The van der Waals surface area contributed by atoms with E-state index in [4.69, 9.17) is 0 Å². The van der Waals surface area contributed by atoms with Gasteiger partial charge in [0.1, 0.15) is 0 Å². The number of hydrogen-bond acceptors (Lipinski definition) is 3. The fourth-order valence-electron chi connectivity index (χ4n) is 2.40. The highest BCUT2D eigenvalue weighted by molar-refractivity contribution is 6.02. The maximum absolute atomic E-state index is 12.9. The monoisotopic (exact) mass is 323 g/mol. The lowest BCUT2D eigenvalue weighted by molar-refractivity contribution is -0.137. The molecule has 1 heterocycles. The van der Waals surface area contributed by atoms with Gasteiger partial charge in [0.25, 0.3) is 0 Å². The molecule has 122 valence electrons. The molecule has 0 radical (unpaired) electrons. The summed E-state index contributed by atoms with van der Waals surface area (Å²) in [5.74, 6) is -0.958. The minimum atomic E-state index is -4.59. The third-order valence-electron chi connectivity index (χ3n) is 3.55. The van der Waals surface area contributed by atoms with E-state index in [1.165, 1.54) is 12.1 Å². The summed E-state index contributed by atoms with van der Waals surface area (Å²) in [6.45, 7) is 2.28. The van der Waals surface area contributed by atoms with Crippen LogP contribution >= 0.6 is 0 Å². The van der Waals surface area contributed by atoms with Crippen LogP contribution in [0.4, 0.5) is 13.2 Å². The zero-order valence-electron chi connectivity index (χ0n) is 12.5. The number of dihydropyridines is 1. The second kappa shape index (κ2) is 6.81. The third-order valence-corrected chi connectivity index (χ3v) is 3.55. The molecular weight excluding hydrogens is 307 g/mol. The first-order chi connectivity index (χ1) is 10.8. The predicted molar refractivity (Wildman–Crippen MR) is 79.9 cm³/mol. The first-order valence-electron chi connectivity index (χ1n) is 7.14. The Bertz CT molecular complexity index is 687. The zero-order chi connectivity index (χ0) is 17.0. The molecule has 1 N–H and O–H groups in total. The lowest BCUT2D eigenvalue weighted by Gasteiger charge is -2.15. The number of Topliss-reactive ketones (excluding diaryl/α,β-unsaturated/α-hetero) is 2. The van der Waals surface area contributed by atoms with E-state index >= 15 is 0 Å². The van der Waals surface area contributed by atoms with Crippen molar-refractivity contribution in [2.75, 3.05) is 6.54 Å². The van der Waals surface area contributed by atoms with Crippen LogP contribution in [0.1, 0.15) is 35.7 Å². The van der Waals surface area contributed by atoms with E-state index in [1.54, 1.807) is 13.0 Å². The van der Waals surface area contributed by atoms with Crippen molar-refractivity contribution in [3.8, 4) is 0 Å². The Morgan fingerprint density at radius 1 is 1.13 bits per heavy atom. The smallest absolute Gasteiger partial charge is 0.378 e. The Labute approximate surface area is 131 Å². The molecule has 0 saturated heterocycles. The van der Waals surface area contributed by atoms with Crippen LogP contribution in [0, 0.1) is 0 Å². The number of carbonyl (C=O) groups is 2. The van der Waals surface area contributed by atoms with E-state index in [1.807, 2.05) is 6.08 Å². The molecule has 0 bridgehead atoms. The minimum absolute atomic E-state index is 0.126. The normalized spacial score (nSPS) is 14.6. The fourth-order valence-corrected chi connectivity index (χ4v) is 2.40. The van der Waals surface area contributed by atoms with Gasteiger partial charge in [-0.25, -0.2) is 0 Å². The largest absolute Gasteiger partial charge is 0.417 e. The van der Waals surface area contributed by atoms with Gasteiger partial charge in [0, 0.05) is 24.9 Å². The van der Waals surface area contributed by atoms with E-state index in [0.717, 1.165) is 17.7 Å². The van der Waals surface area contributed by atoms with Crippen LogP contribution in [0.3, 0.4) is 0 Å². The number of allylic oxidation sites excluding steroid dienone is 3. The number of nitrogens with one attached hydrogen (secondary N) is 1. The maximum atomic E-state index is 12.9. The number of ketones is 2. The Balaban J connectivity index is 2.09. The van der Waals surface area contributed by atoms with E-state index in [0.29, 0.717) is 12.2 Å². The van der Waals surface area contributed by atoms with Crippen molar-refractivity contribution >= 4 is 11.6 Å². The number of carbonyl (C=O) groups excluding carboxylic acids is 2. The van der Waals surface area contributed by atoms with Gasteiger partial charge in [-0.1, -0.05) is 30.4 Å². The summed E-state index contributed by atoms with van der Waals surface area (Å²) in [6, 6.07) is 4.62. The molecule has 0 unspecified atom stereocenters. The van der Waals surface area contributed by atoms with E-state index < -0.39 is 23.1 Å². The fraction of sp³-hybridized carbons (Fsp3) is 0.294. The molecular formula is C17H16F3NO2. The van der Waals surface area contributed by atoms with Gasteiger partial charge in [-0.3, -0.25) is 9.59 Å². The molecule has 1 aromatic rings. The Kier molecular flexibility index (Phi) is 5.03. The molecule has 6 heteroatoms. The van der Waals surface area contributed by atoms with Crippen molar-refractivity contribution in [3.63, 3.8) is 0 Å². The molecule has 0 aromatic heterocycles. The van der Waals surface area contributed by atoms with Gasteiger partial charge in [-0.2, -0.15) is 13.2 Å². The molecule has 0 aliphatic carbocycles. The number of alkyl halides is 3. The predicted octanol–water partition coefficient (Wildman–Crippen LogP) is 3.67. The van der Waals surface area contributed by atoms with Crippen LogP contribution in [0.15, 0.2) is 47.7 Å². The van der Waals surface area contributed by atoms with Crippen molar-refractivity contribution in [1.82, 2.24) is 5.32 Å². The molecule has 1 aliphatic rings. The Hall–Kier alpha value is -2.37. The highest BCUT2D eigenvalue weighted by Crippen LogP contribution is 2.32. The number of hydrogen-bond donors (Lipinski definition) is 1. The second-order valence-electron chi connectivity index (χ2n) is 5.23. The van der Waals surface area contributed by atoms with Gasteiger partial charge in [0.05, 0.1) is 11.3 Å². The summed E-state index contributed by atoms with van der Waals surface area (Å²) >= 11 is 0. The summed E-state index contributed by atoms with van der Waals surface area (Å²) in [6.07, 6.45) is -1.32. The van der Waals surface area contributed by atoms with Crippen LogP contribution in [0.25, 0.3) is 0 Å². The minimum Gasteiger partial charge on any atom is -0.378 e.